The SMILES string of the molecule is O=C(/C=C/c1ccccc1)c1ccc2oc(-c3ccccc3)cc(=O)c2c1. The highest BCUT2D eigenvalue weighted by Crippen LogP contribution is 2.22. The topological polar surface area (TPSA) is 47.3 Å². The van der Waals surface area contributed by atoms with E-state index in [0.29, 0.717) is 22.3 Å². The lowest BCUT2D eigenvalue weighted by atomic mass is 10.1. The molecule has 1 heterocycles. The normalized spacial score (nSPS) is 11.1. The summed E-state index contributed by atoms with van der Waals surface area (Å²) in [6, 6.07) is 25.4. The van der Waals surface area contributed by atoms with Crippen LogP contribution in [0.25, 0.3) is 28.4 Å². The molecule has 0 aliphatic heterocycles. The Morgan fingerprint density at radius 2 is 1.52 bits per heavy atom. The van der Waals surface area contributed by atoms with Gasteiger partial charge in [-0.1, -0.05) is 66.7 Å². The van der Waals surface area contributed by atoms with E-state index in [1.807, 2.05) is 60.7 Å². The van der Waals surface area contributed by atoms with Gasteiger partial charge in [-0.25, -0.2) is 0 Å². The van der Waals surface area contributed by atoms with Gasteiger partial charge in [-0.15, -0.1) is 0 Å². The Labute approximate surface area is 156 Å². The highest BCUT2D eigenvalue weighted by Gasteiger charge is 2.10. The fourth-order valence-electron chi connectivity index (χ4n) is 2.89. The van der Waals surface area contributed by atoms with Gasteiger partial charge in [0.2, 0.25) is 0 Å². The van der Waals surface area contributed by atoms with Crippen LogP contribution < -0.4 is 5.43 Å². The summed E-state index contributed by atoms with van der Waals surface area (Å²) >= 11 is 0. The van der Waals surface area contributed by atoms with Crippen molar-refractivity contribution in [3.05, 3.63) is 112 Å². The molecule has 0 aliphatic carbocycles. The summed E-state index contributed by atoms with van der Waals surface area (Å²) in [5.74, 6) is 0.350. The molecule has 0 N–H and O–H groups in total. The van der Waals surface area contributed by atoms with Gasteiger partial charge in [0.05, 0.1) is 5.39 Å². The maximum absolute atomic E-state index is 12.5. The van der Waals surface area contributed by atoms with E-state index < -0.39 is 0 Å². The average molecular weight is 352 g/mol. The Bertz CT molecular complexity index is 1190. The van der Waals surface area contributed by atoms with Crippen LogP contribution in [0.2, 0.25) is 0 Å². The molecule has 3 aromatic carbocycles. The molecule has 1 aromatic heterocycles. The van der Waals surface area contributed by atoms with Crippen molar-refractivity contribution in [3.63, 3.8) is 0 Å². The first-order chi connectivity index (χ1) is 13.2. The standard InChI is InChI=1S/C24H16O3/c25-21(13-11-17-7-3-1-4-8-17)19-12-14-23-20(15-19)22(26)16-24(27-23)18-9-5-2-6-10-18/h1-16H/b13-11+. The molecule has 0 saturated carbocycles. The van der Waals surface area contributed by atoms with Crippen molar-refractivity contribution in [1.82, 2.24) is 0 Å². The van der Waals surface area contributed by atoms with E-state index in [0.717, 1.165) is 11.1 Å². The van der Waals surface area contributed by atoms with E-state index in [9.17, 15) is 9.59 Å². The van der Waals surface area contributed by atoms with Crippen LogP contribution in [0.3, 0.4) is 0 Å². The largest absolute Gasteiger partial charge is 0.456 e. The number of hydrogen-bond donors (Lipinski definition) is 0. The second kappa shape index (κ2) is 7.26. The third-order valence-corrected chi connectivity index (χ3v) is 4.30. The first-order valence-corrected chi connectivity index (χ1v) is 8.61. The van der Waals surface area contributed by atoms with Gasteiger partial charge >= 0.3 is 0 Å². The average Bonchev–Trinajstić information content (AvgIpc) is 2.73. The molecule has 0 saturated heterocycles. The number of benzene rings is 3. The van der Waals surface area contributed by atoms with Gasteiger partial charge in [-0.05, 0) is 29.8 Å². The van der Waals surface area contributed by atoms with Crippen molar-refractivity contribution in [2.24, 2.45) is 0 Å². The molecule has 0 unspecified atom stereocenters. The molecule has 0 atom stereocenters. The molecule has 0 fully saturated rings. The summed E-state index contributed by atoms with van der Waals surface area (Å²) in [6.07, 6.45) is 3.27. The van der Waals surface area contributed by atoms with Gasteiger partial charge in [0.1, 0.15) is 11.3 Å². The summed E-state index contributed by atoms with van der Waals surface area (Å²) in [6.45, 7) is 0. The van der Waals surface area contributed by atoms with Gasteiger partial charge < -0.3 is 4.42 Å². The summed E-state index contributed by atoms with van der Waals surface area (Å²) in [5, 5.41) is 0.397. The van der Waals surface area contributed by atoms with Crippen LogP contribution in [-0.4, -0.2) is 5.78 Å². The highest BCUT2D eigenvalue weighted by atomic mass is 16.3. The van der Waals surface area contributed by atoms with Crippen molar-refractivity contribution in [3.8, 4) is 11.3 Å². The lowest BCUT2D eigenvalue weighted by Gasteiger charge is -2.04. The van der Waals surface area contributed by atoms with E-state index >= 15 is 0 Å². The van der Waals surface area contributed by atoms with Crippen molar-refractivity contribution in [2.75, 3.05) is 0 Å². The summed E-state index contributed by atoms with van der Waals surface area (Å²) in [4.78, 5) is 25.0. The third-order valence-electron chi connectivity index (χ3n) is 4.30. The van der Waals surface area contributed by atoms with Crippen LogP contribution in [0.4, 0.5) is 0 Å². The van der Waals surface area contributed by atoms with Crippen LogP contribution in [0.15, 0.2) is 100 Å². The number of ketones is 1. The fourth-order valence-corrected chi connectivity index (χ4v) is 2.89. The minimum absolute atomic E-state index is 0.160. The van der Waals surface area contributed by atoms with Crippen molar-refractivity contribution in [1.29, 1.82) is 0 Å². The Morgan fingerprint density at radius 1 is 0.815 bits per heavy atom. The lowest BCUT2D eigenvalue weighted by Crippen LogP contribution is -2.03. The maximum Gasteiger partial charge on any atom is 0.193 e. The van der Waals surface area contributed by atoms with E-state index in [1.54, 1.807) is 24.3 Å². The smallest absolute Gasteiger partial charge is 0.193 e. The van der Waals surface area contributed by atoms with Gasteiger partial charge in [0, 0.05) is 17.2 Å². The van der Waals surface area contributed by atoms with Crippen LogP contribution >= 0.6 is 0 Å². The molecule has 3 heteroatoms. The second-order valence-electron chi connectivity index (χ2n) is 6.16. The number of fused-ring (bicyclic) bond motifs is 1. The van der Waals surface area contributed by atoms with Gasteiger partial charge in [-0.2, -0.15) is 0 Å². The molecular formula is C24H16O3. The first kappa shape index (κ1) is 16.7. The molecule has 3 nitrogen and oxygen atoms in total. The number of hydrogen-bond acceptors (Lipinski definition) is 3. The lowest BCUT2D eigenvalue weighted by molar-refractivity contribution is 0.104. The van der Waals surface area contributed by atoms with E-state index in [2.05, 4.69) is 0 Å². The molecule has 0 spiro atoms. The van der Waals surface area contributed by atoms with Crippen molar-refractivity contribution < 1.29 is 9.21 Å². The minimum atomic E-state index is -0.170. The first-order valence-electron chi connectivity index (χ1n) is 8.61. The Kier molecular flexibility index (Phi) is 4.50. The molecule has 0 bridgehead atoms. The zero-order chi connectivity index (χ0) is 18.6. The van der Waals surface area contributed by atoms with Crippen LogP contribution in [0, 0.1) is 0 Å². The van der Waals surface area contributed by atoms with Crippen molar-refractivity contribution in [2.45, 2.75) is 0 Å². The van der Waals surface area contributed by atoms with Crippen molar-refractivity contribution >= 4 is 22.8 Å². The predicted octanol–water partition coefficient (Wildman–Crippen LogP) is 5.36. The Hall–Kier alpha value is -3.72. The van der Waals surface area contributed by atoms with Gasteiger partial charge in [0.25, 0.3) is 0 Å². The number of carbonyl (C=O) groups is 1. The molecule has 0 amide bonds. The molecule has 4 rings (SSSR count). The minimum Gasteiger partial charge on any atom is -0.456 e. The Balaban J connectivity index is 1.68. The number of allylic oxidation sites excluding steroid dienone is 1. The van der Waals surface area contributed by atoms with E-state index in [4.69, 9.17) is 4.42 Å². The summed E-state index contributed by atoms with van der Waals surface area (Å²) in [5.41, 5.74) is 2.53. The molecule has 27 heavy (non-hydrogen) atoms. The molecule has 0 aliphatic rings. The zero-order valence-electron chi connectivity index (χ0n) is 14.5. The molecule has 130 valence electrons. The second-order valence-corrected chi connectivity index (χ2v) is 6.16. The molecular weight excluding hydrogens is 336 g/mol. The molecule has 0 radical (unpaired) electrons. The van der Waals surface area contributed by atoms with Gasteiger partial charge in [-0.3, -0.25) is 9.59 Å². The van der Waals surface area contributed by atoms with Crippen LogP contribution in [0.5, 0.6) is 0 Å². The quantitative estimate of drug-likeness (QED) is 0.367. The summed E-state index contributed by atoms with van der Waals surface area (Å²) < 4.78 is 5.86. The highest BCUT2D eigenvalue weighted by molar-refractivity contribution is 6.08. The number of rotatable bonds is 4. The monoisotopic (exact) mass is 352 g/mol. The van der Waals surface area contributed by atoms with Gasteiger partial charge in [0.15, 0.2) is 11.2 Å². The van der Waals surface area contributed by atoms with E-state index in [-0.39, 0.29) is 11.2 Å². The fraction of sp³-hybridized carbons (Fsp3) is 0. The number of carbonyl (C=O) groups excluding carboxylic acids is 1. The Morgan fingerprint density at radius 3 is 2.26 bits per heavy atom. The summed E-state index contributed by atoms with van der Waals surface area (Å²) in [7, 11) is 0. The zero-order valence-corrected chi connectivity index (χ0v) is 14.5. The van der Waals surface area contributed by atoms with Crippen LogP contribution in [-0.2, 0) is 0 Å². The van der Waals surface area contributed by atoms with E-state index in [1.165, 1.54) is 12.1 Å². The molecule has 4 aromatic rings. The predicted molar refractivity (Wildman–Crippen MR) is 108 cm³/mol. The third kappa shape index (κ3) is 3.62. The maximum atomic E-state index is 12.5. The van der Waals surface area contributed by atoms with Crippen LogP contribution in [0.1, 0.15) is 15.9 Å².